The van der Waals surface area contributed by atoms with Crippen molar-refractivity contribution >= 4 is 23.2 Å². The quantitative estimate of drug-likeness (QED) is 0.733. The van der Waals surface area contributed by atoms with Crippen LogP contribution in [0.3, 0.4) is 0 Å². The van der Waals surface area contributed by atoms with Gasteiger partial charge >= 0.3 is 0 Å². The summed E-state index contributed by atoms with van der Waals surface area (Å²) in [5, 5.41) is 7.07. The molecule has 0 aliphatic heterocycles. The number of nitrogens with zero attached hydrogens (tertiary/aromatic N) is 2. The van der Waals surface area contributed by atoms with Crippen LogP contribution in [0.4, 0.5) is 5.69 Å². The molecule has 3 rings (SSSR count). The van der Waals surface area contributed by atoms with Gasteiger partial charge in [-0.1, -0.05) is 16.8 Å². The van der Waals surface area contributed by atoms with Crippen LogP contribution in [0.2, 0.25) is 5.02 Å². The van der Waals surface area contributed by atoms with Crippen LogP contribution in [0.15, 0.2) is 45.5 Å². The van der Waals surface area contributed by atoms with Gasteiger partial charge in [0.2, 0.25) is 17.6 Å². The first kappa shape index (κ1) is 16.1. The Kier molecular flexibility index (Phi) is 4.81. The summed E-state index contributed by atoms with van der Waals surface area (Å²) in [6, 6.07) is 8.46. The van der Waals surface area contributed by atoms with E-state index in [1.807, 2.05) is 0 Å². The van der Waals surface area contributed by atoms with Crippen molar-refractivity contribution in [3.8, 4) is 17.3 Å². The fourth-order valence-electron chi connectivity index (χ4n) is 2.07. The second kappa shape index (κ2) is 7.18. The molecule has 0 atom stereocenters. The van der Waals surface area contributed by atoms with Gasteiger partial charge in [0.05, 0.1) is 19.1 Å². The van der Waals surface area contributed by atoms with Crippen LogP contribution < -0.4 is 10.1 Å². The third-order valence-corrected chi connectivity index (χ3v) is 3.45. The first-order valence-electron chi connectivity index (χ1n) is 7.15. The smallest absolute Gasteiger partial charge is 0.238 e. The van der Waals surface area contributed by atoms with Crippen molar-refractivity contribution in [2.24, 2.45) is 0 Å². The predicted octanol–water partition coefficient (Wildman–Crippen LogP) is 3.56. The van der Waals surface area contributed by atoms with Gasteiger partial charge in [-0.3, -0.25) is 4.79 Å². The number of furan rings is 1. The maximum absolute atomic E-state index is 12.1. The molecule has 8 heteroatoms. The minimum Gasteiger partial charge on any atom is -0.495 e. The first-order valence-corrected chi connectivity index (χ1v) is 7.53. The number of ether oxygens (including phenoxy) is 1. The summed E-state index contributed by atoms with van der Waals surface area (Å²) in [6.07, 6.45) is 2.01. The van der Waals surface area contributed by atoms with Gasteiger partial charge < -0.3 is 19.0 Å². The van der Waals surface area contributed by atoms with Crippen LogP contribution in [0.1, 0.15) is 12.3 Å². The first-order chi connectivity index (χ1) is 11.7. The highest BCUT2D eigenvalue weighted by molar-refractivity contribution is 6.31. The minimum atomic E-state index is -0.215. The van der Waals surface area contributed by atoms with E-state index in [1.54, 1.807) is 30.3 Å². The Morgan fingerprint density at radius 3 is 3.00 bits per heavy atom. The fraction of sp³-hybridized carbons (Fsp3) is 0.188. The van der Waals surface area contributed by atoms with Crippen LogP contribution in [0.25, 0.3) is 11.6 Å². The van der Waals surface area contributed by atoms with E-state index in [0.717, 1.165) is 0 Å². The number of aromatic nitrogens is 2. The number of hydrogen-bond donors (Lipinski definition) is 1. The second-order valence-corrected chi connectivity index (χ2v) is 5.32. The number of aryl methyl sites for hydroxylation is 1. The zero-order valence-electron chi connectivity index (χ0n) is 12.8. The van der Waals surface area contributed by atoms with E-state index in [0.29, 0.717) is 40.4 Å². The third kappa shape index (κ3) is 3.75. The topological polar surface area (TPSA) is 90.4 Å². The molecule has 124 valence electrons. The number of hydrogen-bond acceptors (Lipinski definition) is 6. The monoisotopic (exact) mass is 347 g/mol. The lowest BCUT2D eigenvalue weighted by atomic mass is 10.2. The number of carbonyl (C=O) groups excluding carboxylic acids is 1. The van der Waals surface area contributed by atoms with E-state index < -0.39 is 0 Å². The number of nitrogens with one attached hydrogen (secondary N) is 1. The maximum Gasteiger partial charge on any atom is 0.238 e. The van der Waals surface area contributed by atoms with Crippen LogP contribution in [-0.2, 0) is 11.2 Å². The molecule has 3 aromatic rings. The van der Waals surface area contributed by atoms with Gasteiger partial charge in [-0.15, -0.1) is 0 Å². The highest BCUT2D eigenvalue weighted by Crippen LogP contribution is 2.27. The molecule has 0 radical (unpaired) electrons. The molecule has 0 unspecified atom stereocenters. The number of methoxy groups -OCH3 is 1. The molecule has 1 aromatic carbocycles. The summed E-state index contributed by atoms with van der Waals surface area (Å²) < 4.78 is 15.5. The molecule has 0 aliphatic carbocycles. The number of rotatable bonds is 6. The number of carbonyl (C=O) groups is 1. The summed E-state index contributed by atoms with van der Waals surface area (Å²) in [6.45, 7) is 0. The molecule has 0 aliphatic rings. The van der Waals surface area contributed by atoms with Crippen molar-refractivity contribution in [3.05, 3.63) is 47.5 Å². The zero-order chi connectivity index (χ0) is 16.9. The van der Waals surface area contributed by atoms with Crippen molar-refractivity contribution < 1.29 is 18.5 Å². The van der Waals surface area contributed by atoms with Crippen molar-refractivity contribution in [2.45, 2.75) is 12.8 Å². The molecule has 0 bridgehead atoms. The highest BCUT2D eigenvalue weighted by Gasteiger charge is 2.13. The molecule has 2 aromatic heterocycles. The second-order valence-electron chi connectivity index (χ2n) is 4.88. The van der Waals surface area contributed by atoms with E-state index in [1.165, 1.54) is 13.4 Å². The zero-order valence-corrected chi connectivity index (χ0v) is 13.5. The molecular formula is C16H14ClN3O4. The van der Waals surface area contributed by atoms with Crippen molar-refractivity contribution in [1.29, 1.82) is 0 Å². The third-order valence-electron chi connectivity index (χ3n) is 3.21. The summed E-state index contributed by atoms with van der Waals surface area (Å²) in [5.41, 5.74) is 0.511. The van der Waals surface area contributed by atoms with Crippen LogP contribution in [0, 0.1) is 0 Å². The highest BCUT2D eigenvalue weighted by atomic mass is 35.5. The van der Waals surface area contributed by atoms with E-state index in [4.69, 9.17) is 25.3 Å². The average Bonchev–Trinajstić information content (AvgIpc) is 3.24. The minimum absolute atomic E-state index is 0.176. The average molecular weight is 348 g/mol. The largest absolute Gasteiger partial charge is 0.495 e. The molecule has 1 N–H and O–H groups in total. The molecule has 0 saturated heterocycles. The van der Waals surface area contributed by atoms with Crippen molar-refractivity contribution in [2.75, 3.05) is 12.4 Å². The molecule has 0 saturated carbocycles. The fourth-order valence-corrected chi connectivity index (χ4v) is 2.25. The Balaban J connectivity index is 1.59. The Hall–Kier alpha value is -2.80. The Bertz CT molecular complexity index is 830. The van der Waals surface area contributed by atoms with Gasteiger partial charge in [-0.25, -0.2) is 0 Å². The number of benzene rings is 1. The van der Waals surface area contributed by atoms with Crippen LogP contribution >= 0.6 is 11.6 Å². The SMILES string of the molecule is COc1ccc(Cl)cc1NC(=O)CCc1nc(-c2ccco2)no1. The van der Waals surface area contributed by atoms with Gasteiger partial charge in [0.25, 0.3) is 0 Å². The van der Waals surface area contributed by atoms with Gasteiger partial charge in [0, 0.05) is 17.9 Å². The van der Waals surface area contributed by atoms with Crippen molar-refractivity contribution in [3.63, 3.8) is 0 Å². The van der Waals surface area contributed by atoms with E-state index in [9.17, 15) is 4.79 Å². The molecule has 7 nitrogen and oxygen atoms in total. The van der Waals surface area contributed by atoms with E-state index in [2.05, 4.69) is 15.5 Å². The number of halogens is 1. The lowest BCUT2D eigenvalue weighted by Crippen LogP contribution is -2.13. The Morgan fingerprint density at radius 1 is 1.38 bits per heavy atom. The van der Waals surface area contributed by atoms with E-state index in [-0.39, 0.29) is 12.3 Å². The summed E-state index contributed by atoms with van der Waals surface area (Å²) >= 11 is 5.93. The molecule has 1 amide bonds. The summed E-state index contributed by atoms with van der Waals surface area (Å²) in [7, 11) is 1.52. The van der Waals surface area contributed by atoms with Gasteiger partial charge in [-0.05, 0) is 30.3 Å². The Labute approximate surface area is 142 Å². The maximum atomic E-state index is 12.1. The standard InChI is InChI=1S/C16H14ClN3O4/c1-22-12-5-4-10(17)9-11(12)18-14(21)6-7-15-19-16(20-24-15)13-3-2-8-23-13/h2-5,8-9H,6-7H2,1H3,(H,18,21). The molecule has 24 heavy (non-hydrogen) atoms. The lowest BCUT2D eigenvalue weighted by molar-refractivity contribution is -0.116. The van der Waals surface area contributed by atoms with Gasteiger partial charge in [-0.2, -0.15) is 4.98 Å². The summed E-state index contributed by atoms with van der Waals surface area (Å²) in [5.74, 6) is 1.54. The molecule has 2 heterocycles. The molecule has 0 fully saturated rings. The number of amides is 1. The molecular weight excluding hydrogens is 334 g/mol. The predicted molar refractivity (Wildman–Crippen MR) is 87.0 cm³/mol. The van der Waals surface area contributed by atoms with Crippen LogP contribution in [0.5, 0.6) is 5.75 Å². The number of anilines is 1. The van der Waals surface area contributed by atoms with Crippen molar-refractivity contribution in [1.82, 2.24) is 10.1 Å². The van der Waals surface area contributed by atoms with E-state index >= 15 is 0 Å². The summed E-state index contributed by atoms with van der Waals surface area (Å²) in [4.78, 5) is 16.3. The van der Waals surface area contributed by atoms with Crippen LogP contribution in [-0.4, -0.2) is 23.2 Å². The Morgan fingerprint density at radius 2 is 2.25 bits per heavy atom. The van der Waals surface area contributed by atoms with Gasteiger partial charge in [0.1, 0.15) is 5.75 Å². The molecule has 0 spiro atoms. The normalized spacial score (nSPS) is 10.6. The van der Waals surface area contributed by atoms with Gasteiger partial charge in [0.15, 0.2) is 5.76 Å². The lowest BCUT2D eigenvalue weighted by Gasteiger charge is -2.10.